The van der Waals surface area contributed by atoms with Gasteiger partial charge in [-0.2, -0.15) is 0 Å². The molecule has 0 aliphatic carbocycles. The normalized spacial score (nSPS) is 22.1. The van der Waals surface area contributed by atoms with Crippen molar-refractivity contribution in [2.75, 3.05) is 13.1 Å². The van der Waals surface area contributed by atoms with E-state index in [4.69, 9.17) is 0 Å². The average Bonchev–Trinajstić information content (AvgIpc) is 2.72. The molecule has 1 aliphatic rings. The van der Waals surface area contributed by atoms with Crippen LogP contribution in [0.2, 0.25) is 0 Å². The lowest BCUT2D eigenvalue weighted by molar-refractivity contribution is -0.122. The highest BCUT2D eigenvalue weighted by atomic mass is 32.1. The van der Waals surface area contributed by atoms with Gasteiger partial charge in [0.25, 0.3) is 0 Å². The summed E-state index contributed by atoms with van der Waals surface area (Å²) in [7, 11) is 0. The zero-order valence-corrected chi connectivity index (χ0v) is 8.72. The van der Waals surface area contributed by atoms with E-state index >= 15 is 0 Å². The van der Waals surface area contributed by atoms with Gasteiger partial charge in [0.2, 0.25) is 0 Å². The molecule has 2 rings (SSSR count). The molecule has 1 atom stereocenters. The third-order valence-electron chi connectivity index (χ3n) is 2.51. The zero-order chi connectivity index (χ0) is 9.80. The van der Waals surface area contributed by atoms with Crippen molar-refractivity contribution in [3.05, 3.63) is 11.1 Å². The van der Waals surface area contributed by atoms with E-state index in [2.05, 4.69) is 14.9 Å². The number of piperidine rings is 1. The van der Waals surface area contributed by atoms with Crippen molar-refractivity contribution >= 4 is 17.3 Å². The van der Waals surface area contributed by atoms with Crippen LogP contribution in [0.25, 0.3) is 0 Å². The summed E-state index contributed by atoms with van der Waals surface area (Å²) in [5, 5.41) is 8.96. The van der Waals surface area contributed by atoms with Gasteiger partial charge in [0, 0.05) is 17.8 Å². The first kappa shape index (κ1) is 9.73. The largest absolute Gasteiger partial charge is 0.316 e. The van der Waals surface area contributed by atoms with Crippen molar-refractivity contribution in [2.24, 2.45) is 5.92 Å². The van der Waals surface area contributed by atoms with Gasteiger partial charge in [-0.1, -0.05) is 4.49 Å². The Labute approximate surface area is 86.9 Å². The average molecular weight is 211 g/mol. The molecule has 1 unspecified atom stereocenters. The fourth-order valence-electron chi connectivity index (χ4n) is 1.71. The van der Waals surface area contributed by atoms with Crippen LogP contribution < -0.4 is 5.32 Å². The molecule has 0 bridgehead atoms. The number of carbonyl (C=O) groups excluding carboxylic acids is 1. The monoisotopic (exact) mass is 211 g/mol. The van der Waals surface area contributed by atoms with Crippen LogP contribution >= 0.6 is 11.5 Å². The number of hydrogen-bond donors (Lipinski definition) is 1. The number of nitrogens with one attached hydrogen (secondary N) is 1. The molecule has 4 nitrogen and oxygen atoms in total. The Bertz CT molecular complexity index is 293. The second kappa shape index (κ2) is 4.61. The topological polar surface area (TPSA) is 54.9 Å². The highest BCUT2D eigenvalue weighted by Gasteiger charge is 2.21. The Morgan fingerprint density at radius 2 is 2.64 bits per heavy atom. The predicted molar refractivity (Wildman–Crippen MR) is 54.2 cm³/mol. The Balaban J connectivity index is 1.88. The van der Waals surface area contributed by atoms with Crippen LogP contribution in [-0.2, 0) is 11.2 Å². The van der Waals surface area contributed by atoms with E-state index in [1.165, 1.54) is 11.5 Å². The number of ketones is 1. The Morgan fingerprint density at radius 3 is 3.29 bits per heavy atom. The summed E-state index contributed by atoms with van der Waals surface area (Å²) in [6.07, 6.45) is 2.57. The maximum absolute atomic E-state index is 11.8. The minimum absolute atomic E-state index is 0.186. The fraction of sp³-hybridized carbons (Fsp3) is 0.667. The highest BCUT2D eigenvalue weighted by molar-refractivity contribution is 7.03. The maximum atomic E-state index is 11.8. The maximum Gasteiger partial charge on any atom is 0.143 e. The lowest BCUT2D eigenvalue weighted by Crippen LogP contribution is -2.35. The van der Waals surface area contributed by atoms with Gasteiger partial charge >= 0.3 is 0 Å². The van der Waals surface area contributed by atoms with Crippen molar-refractivity contribution < 1.29 is 4.79 Å². The molecular formula is C9H13N3OS. The number of rotatable bonds is 3. The fourth-order valence-corrected chi connectivity index (χ4v) is 2.16. The molecule has 14 heavy (non-hydrogen) atoms. The second-order valence-electron chi connectivity index (χ2n) is 3.58. The summed E-state index contributed by atoms with van der Waals surface area (Å²) in [6, 6.07) is 0. The molecule has 0 aromatic carbocycles. The molecule has 0 amide bonds. The third-order valence-corrected chi connectivity index (χ3v) is 3.07. The van der Waals surface area contributed by atoms with Crippen LogP contribution in [-0.4, -0.2) is 28.5 Å². The van der Waals surface area contributed by atoms with Crippen LogP contribution in [0.4, 0.5) is 0 Å². The molecule has 0 spiro atoms. The van der Waals surface area contributed by atoms with Crippen molar-refractivity contribution in [1.29, 1.82) is 0 Å². The van der Waals surface area contributed by atoms with Crippen LogP contribution in [0.3, 0.4) is 0 Å². The van der Waals surface area contributed by atoms with Gasteiger partial charge in [0.15, 0.2) is 0 Å². The minimum Gasteiger partial charge on any atom is -0.316 e. The number of nitrogens with zero attached hydrogens (tertiary/aromatic N) is 2. The Kier molecular flexibility index (Phi) is 3.21. The molecule has 0 saturated carbocycles. The van der Waals surface area contributed by atoms with Gasteiger partial charge in [-0.25, -0.2) is 0 Å². The van der Waals surface area contributed by atoms with Crippen LogP contribution in [0, 0.1) is 5.92 Å². The highest BCUT2D eigenvalue weighted by Crippen LogP contribution is 2.13. The van der Waals surface area contributed by atoms with Crippen LogP contribution in [0.1, 0.15) is 18.5 Å². The molecule has 1 saturated heterocycles. The van der Waals surface area contributed by atoms with Gasteiger partial charge in [-0.3, -0.25) is 4.79 Å². The molecule has 76 valence electrons. The van der Waals surface area contributed by atoms with Crippen molar-refractivity contribution in [3.8, 4) is 0 Å². The second-order valence-corrected chi connectivity index (χ2v) is 4.19. The van der Waals surface area contributed by atoms with E-state index in [1.54, 1.807) is 0 Å². The smallest absolute Gasteiger partial charge is 0.143 e. The summed E-state index contributed by atoms with van der Waals surface area (Å²) in [6.45, 7) is 1.87. The first-order valence-electron chi connectivity index (χ1n) is 4.85. The molecule has 2 heterocycles. The molecule has 1 N–H and O–H groups in total. The summed E-state index contributed by atoms with van der Waals surface area (Å²) >= 11 is 1.30. The molecule has 1 fully saturated rings. The zero-order valence-electron chi connectivity index (χ0n) is 7.90. The van der Waals surface area contributed by atoms with Crippen LogP contribution in [0.15, 0.2) is 5.38 Å². The number of hydrogen-bond acceptors (Lipinski definition) is 5. The minimum atomic E-state index is 0.186. The number of carbonyl (C=O) groups is 1. The van der Waals surface area contributed by atoms with E-state index in [0.717, 1.165) is 31.6 Å². The molecule has 0 radical (unpaired) electrons. The molecule has 1 aliphatic heterocycles. The van der Waals surface area contributed by atoms with E-state index in [1.807, 2.05) is 5.38 Å². The number of aromatic nitrogens is 2. The van der Waals surface area contributed by atoms with E-state index in [9.17, 15) is 4.79 Å². The number of Topliss-reactive ketones (excluding diaryl/α,β-unsaturated/α-hetero) is 1. The van der Waals surface area contributed by atoms with Gasteiger partial charge < -0.3 is 5.32 Å². The van der Waals surface area contributed by atoms with Gasteiger partial charge in [0.1, 0.15) is 5.78 Å². The van der Waals surface area contributed by atoms with E-state index in [-0.39, 0.29) is 5.92 Å². The first-order chi connectivity index (χ1) is 6.86. The van der Waals surface area contributed by atoms with E-state index < -0.39 is 0 Å². The summed E-state index contributed by atoms with van der Waals surface area (Å²) in [5.41, 5.74) is 0.811. The Morgan fingerprint density at radius 1 is 1.71 bits per heavy atom. The summed E-state index contributed by atoms with van der Waals surface area (Å²) in [5.74, 6) is 0.482. The van der Waals surface area contributed by atoms with Crippen molar-refractivity contribution in [3.63, 3.8) is 0 Å². The summed E-state index contributed by atoms with van der Waals surface area (Å²) in [4.78, 5) is 11.8. The van der Waals surface area contributed by atoms with Gasteiger partial charge in [0.05, 0.1) is 12.1 Å². The molecule has 1 aromatic rings. The SMILES string of the molecule is O=C(Cc1csnn1)C1CCCNC1. The van der Waals surface area contributed by atoms with E-state index in [0.29, 0.717) is 12.2 Å². The standard InChI is InChI=1S/C9H13N3OS/c13-9(4-8-6-14-12-11-8)7-2-1-3-10-5-7/h6-7,10H,1-5H2. The molecular weight excluding hydrogens is 198 g/mol. The first-order valence-corrected chi connectivity index (χ1v) is 5.69. The molecule has 5 heteroatoms. The molecule has 1 aromatic heterocycles. The quantitative estimate of drug-likeness (QED) is 0.797. The lowest BCUT2D eigenvalue weighted by atomic mass is 9.93. The summed E-state index contributed by atoms with van der Waals surface area (Å²) < 4.78 is 3.74. The van der Waals surface area contributed by atoms with Crippen LogP contribution in [0.5, 0.6) is 0 Å². The van der Waals surface area contributed by atoms with Crippen molar-refractivity contribution in [2.45, 2.75) is 19.3 Å². The van der Waals surface area contributed by atoms with Gasteiger partial charge in [-0.15, -0.1) is 5.10 Å². The Hall–Kier alpha value is -0.810. The lowest BCUT2D eigenvalue weighted by Gasteiger charge is -2.20. The van der Waals surface area contributed by atoms with Gasteiger partial charge in [-0.05, 0) is 30.9 Å². The third kappa shape index (κ3) is 2.36. The van der Waals surface area contributed by atoms with Crippen molar-refractivity contribution in [1.82, 2.24) is 14.9 Å². The predicted octanol–water partition coefficient (Wildman–Crippen LogP) is 0.649.